The summed E-state index contributed by atoms with van der Waals surface area (Å²) in [6.07, 6.45) is 0. The van der Waals surface area contributed by atoms with E-state index in [0.717, 1.165) is 32.9 Å². The molecule has 0 bridgehead atoms. The fourth-order valence-corrected chi connectivity index (χ4v) is 8.27. The van der Waals surface area contributed by atoms with Crippen LogP contribution in [0, 0.1) is 27.7 Å². The Balaban J connectivity index is 0.000000205. The van der Waals surface area contributed by atoms with Gasteiger partial charge in [-0.15, -0.1) is 18.5 Å². The Labute approximate surface area is 241 Å². The second kappa shape index (κ2) is 13.7. The van der Waals surface area contributed by atoms with Crippen LogP contribution in [0.25, 0.3) is 22.3 Å². The maximum Gasteiger partial charge on any atom is 0.117 e. The summed E-state index contributed by atoms with van der Waals surface area (Å²) in [6.45, 7) is 5.96. The SMILES string of the molecule is Cc1cccc(P(Cl)Cl)c1-c1c(C)cccc1P(Cl)Cl.Cc1cccc(P)c1-c1c(C)cccc1P. The first-order chi connectivity index (χ1) is 17.0. The molecule has 0 spiro atoms. The van der Waals surface area contributed by atoms with E-state index in [1.807, 2.05) is 50.2 Å². The lowest BCUT2D eigenvalue weighted by Gasteiger charge is -2.19. The van der Waals surface area contributed by atoms with Gasteiger partial charge in [0.1, 0.15) is 13.3 Å². The molecule has 0 aliphatic rings. The summed E-state index contributed by atoms with van der Waals surface area (Å²) in [5, 5.41) is 4.42. The van der Waals surface area contributed by atoms with Gasteiger partial charge in [-0.25, -0.2) is 0 Å². The van der Waals surface area contributed by atoms with Crippen molar-refractivity contribution in [3.63, 3.8) is 0 Å². The van der Waals surface area contributed by atoms with Gasteiger partial charge in [0.05, 0.1) is 0 Å². The van der Waals surface area contributed by atoms with Crippen LogP contribution in [-0.4, -0.2) is 0 Å². The molecule has 4 rings (SSSR count). The Kier molecular flexibility index (Phi) is 11.5. The molecule has 0 saturated heterocycles. The van der Waals surface area contributed by atoms with Crippen molar-refractivity contribution in [3.8, 4) is 22.3 Å². The zero-order valence-electron chi connectivity index (χ0n) is 20.5. The van der Waals surface area contributed by atoms with E-state index >= 15 is 0 Å². The van der Waals surface area contributed by atoms with Crippen LogP contribution >= 0.6 is 76.7 Å². The van der Waals surface area contributed by atoms with Gasteiger partial charge in [-0.1, -0.05) is 118 Å². The van der Waals surface area contributed by atoms with Crippen LogP contribution in [0.4, 0.5) is 0 Å². The number of halogens is 4. The monoisotopic (exact) mass is 628 g/mol. The molecule has 0 aliphatic heterocycles. The van der Waals surface area contributed by atoms with E-state index in [0.29, 0.717) is 0 Å². The van der Waals surface area contributed by atoms with Crippen LogP contribution in [0.2, 0.25) is 0 Å². The van der Waals surface area contributed by atoms with Gasteiger partial charge in [-0.05, 0) is 82.8 Å². The van der Waals surface area contributed by atoms with E-state index in [1.54, 1.807) is 0 Å². The minimum atomic E-state index is -1.23. The highest BCUT2D eigenvalue weighted by atomic mass is 35.9. The highest BCUT2D eigenvalue weighted by Gasteiger charge is 2.20. The van der Waals surface area contributed by atoms with Crippen molar-refractivity contribution in [2.45, 2.75) is 27.7 Å². The van der Waals surface area contributed by atoms with Gasteiger partial charge in [0, 0.05) is 10.6 Å². The van der Waals surface area contributed by atoms with Crippen LogP contribution in [-0.2, 0) is 0 Å². The molecule has 0 heterocycles. The highest BCUT2D eigenvalue weighted by molar-refractivity contribution is 8.09. The Morgan fingerprint density at radius 3 is 1.00 bits per heavy atom. The third-order valence-corrected chi connectivity index (χ3v) is 10.6. The molecule has 0 N–H and O–H groups in total. The molecule has 0 radical (unpaired) electrons. The topological polar surface area (TPSA) is 0 Å². The lowest BCUT2D eigenvalue weighted by Crippen LogP contribution is -2.11. The largest absolute Gasteiger partial charge is 0.117 e. The van der Waals surface area contributed by atoms with Crippen LogP contribution < -0.4 is 21.2 Å². The first-order valence-corrected chi connectivity index (χ1v) is 18.6. The standard InChI is InChI=1S/C14H12Cl4P2.C14H16P2/c1-9-5-3-7-11(19(15)16)13(9)14-10(2)6-4-8-12(14)20(17)18;1-9-5-3-7-11(15)13(9)14-10(2)6-4-8-12(14)16/h3-8H,1-2H3;3-8H,15-16H2,1-2H3. The molecule has 0 aromatic heterocycles. The predicted molar refractivity (Wildman–Crippen MR) is 178 cm³/mol. The summed E-state index contributed by atoms with van der Waals surface area (Å²) in [7, 11) is 5.66. The Morgan fingerprint density at radius 1 is 0.444 bits per heavy atom. The van der Waals surface area contributed by atoms with Crippen molar-refractivity contribution in [1.29, 1.82) is 0 Å². The molecule has 0 fully saturated rings. The van der Waals surface area contributed by atoms with Gasteiger partial charge >= 0.3 is 0 Å². The van der Waals surface area contributed by atoms with Crippen molar-refractivity contribution >= 4 is 97.9 Å². The zero-order chi connectivity index (χ0) is 26.6. The van der Waals surface area contributed by atoms with E-state index < -0.39 is 13.3 Å². The maximum atomic E-state index is 6.18. The smallest absolute Gasteiger partial charge is 0.105 e. The molecule has 8 heteroatoms. The summed E-state index contributed by atoms with van der Waals surface area (Å²) < 4.78 is 0. The van der Waals surface area contributed by atoms with Gasteiger partial charge in [-0.3, -0.25) is 0 Å². The van der Waals surface area contributed by atoms with Crippen LogP contribution in [0.15, 0.2) is 72.8 Å². The lowest BCUT2D eigenvalue weighted by molar-refractivity contribution is 1.44. The second-order valence-corrected chi connectivity index (χ2v) is 16.7. The van der Waals surface area contributed by atoms with Crippen LogP contribution in [0.1, 0.15) is 22.3 Å². The maximum absolute atomic E-state index is 6.18. The minimum Gasteiger partial charge on any atom is -0.105 e. The molecule has 4 aromatic rings. The number of benzene rings is 4. The van der Waals surface area contributed by atoms with Crippen molar-refractivity contribution < 1.29 is 0 Å². The summed E-state index contributed by atoms with van der Waals surface area (Å²) >= 11 is 24.7. The molecule has 0 saturated carbocycles. The average Bonchev–Trinajstić information content (AvgIpc) is 2.81. The molecule has 4 aromatic carbocycles. The van der Waals surface area contributed by atoms with Gasteiger partial charge < -0.3 is 0 Å². The third kappa shape index (κ3) is 7.04. The molecular weight excluding hydrogens is 602 g/mol. The van der Waals surface area contributed by atoms with Gasteiger partial charge in [0.2, 0.25) is 0 Å². The Bertz CT molecular complexity index is 1220. The van der Waals surface area contributed by atoms with Crippen molar-refractivity contribution in [1.82, 2.24) is 0 Å². The van der Waals surface area contributed by atoms with E-state index in [9.17, 15) is 0 Å². The fourth-order valence-electron chi connectivity index (χ4n) is 4.30. The quantitative estimate of drug-likeness (QED) is 0.197. The van der Waals surface area contributed by atoms with E-state index in [-0.39, 0.29) is 0 Å². The molecular formula is C28H28Cl4P4. The molecule has 0 aliphatic carbocycles. The highest BCUT2D eigenvalue weighted by Crippen LogP contribution is 2.51. The number of hydrogen-bond donors (Lipinski definition) is 0. The summed E-state index contributed by atoms with van der Waals surface area (Å²) in [5.74, 6) is 0. The lowest BCUT2D eigenvalue weighted by atomic mass is 9.96. The third-order valence-electron chi connectivity index (χ3n) is 5.98. The van der Waals surface area contributed by atoms with Crippen LogP contribution in [0.5, 0.6) is 0 Å². The number of hydrogen-bond acceptors (Lipinski definition) is 0. The normalized spacial score (nSPS) is 11.0. The molecule has 0 nitrogen and oxygen atoms in total. The molecule has 2 unspecified atom stereocenters. The first-order valence-electron chi connectivity index (χ1n) is 11.2. The van der Waals surface area contributed by atoms with Gasteiger partial charge in [0.25, 0.3) is 0 Å². The second-order valence-electron chi connectivity index (χ2n) is 8.48. The molecule has 188 valence electrons. The van der Waals surface area contributed by atoms with E-state index in [2.05, 4.69) is 68.7 Å². The van der Waals surface area contributed by atoms with Crippen molar-refractivity contribution in [2.24, 2.45) is 0 Å². The molecule has 36 heavy (non-hydrogen) atoms. The summed E-state index contributed by atoms with van der Waals surface area (Å²) in [4.78, 5) is 0. The number of aryl methyl sites for hydroxylation is 4. The van der Waals surface area contributed by atoms with Gasteiger partial charge in [0.15, 0.2) is 0 Å². The summed E-state index contributed by atoms with van der Waals surface area (Å²) in [6, 6.07) is 24.8. The number of rotatable bonds is 4. The first kappa shape index (κ1) is 30.3. The average molecular weight is 630 g/mol. The molecule has 0 amide bonds. The Morgan fingerprint density at radius 2 is 0.722 bits per heavy atom. The van der Waals surface area contributed by atoms with E-state index in [1.165, 1.54) is 32.9 Å². The fraction of sp³-hybridized carbons (Fsp3) is 0.143. The van der Waals surface area contributed by atoms with Crippen molar-refractivity contribution in [3.05, 3.63) is 95.1 Å². The van der Waals surface area contributed by atoms with Gasteiger partial charge in [-0.2, -0.15) is 0 Å². The molecule has 2 atom stereocenters. The van der Waals surface area contributed by atoms with E-state index in [4.69, 9.17) is 45.0 Å². The summed E-state index contributed by atoms with van der Waals surface area (Å²) in [5.41, 5.74) is 9.70. The predicted octanol–water partition coefficient (Wildman–Crippen LogP) is 9.77. The zero-order valence-corrected chi connectivity index (χ0v) is 27.6. The van der Waals surface area contributed by atoms with Crippen LogP contribution in [0.3, 0.4) is 0 Å². The van der Waals surface area contributed by atoms with Crippen molar-refractivity contribution in [2.75, 3.05) is 0 Å². The Hall–Kier alpha value is -0.240. The minimum absolute atomic E-state index is 0.948.